The quantitative estimate of drug-likeness (QED) is 0.662. The molecule has 1 saturated heterocycles. The lowest BCUT2D eigenvalue weighted by molar-refractivity contribution is 0.0828. The summed E-state index contributed by atoms with van der Waals surface area (Å²) in [7, 11) is 0. The van der Waals surface area contributed by atoms with Crippen LogP contribution >= 0.6 is 0 Å². The van der Waals surface area contributed by atoms with Crippen LogP contribution in [0.25, 0.3) is 0 Å². The first-order valence-corrected chi connectivity index (χ1v) is 9.22. The highest BCUT2D eigenvalue weighted by atomic mass is 16.5. The first kappa shape index (κ1) is 17.2. The molecule has 21 heavy (non-hydrogen) atoms. The van der Waals surface area contributed by atoms with Crippen LogP contribution in [0.15, 0.2) is 0 Å². The molecule has 3 nitrogen and oxygen atoms in total. The summed E-state index contributed by atoms with van der Waals surface area (Å²) in [6.45, 7) is 6.97. The van der Waals surface area contributed by atoms with Crippen LogP contribution in [0.4, 0.5) is 0 Å². The third-order valence-electron chi connectivity index (χ3n) is 5.35. The van der Waals surface area contributed by atoms with E-state index < -0.39 is 0 Å². The van der Waals surface area contributed by atoms with Crippen LogP contribution in [0, 0.1) is 11.8 Å². The highest BCUT2D eigenvalue weighted by Crippen LogP contribution is 2.30. The molecule has 1 N–H and O–H groups in total. The first-order valence-electron chi connectivity index (χ1n) is 9.22. The molecule has 0 aromatic heterocycles. The maximum atomic E-state index is 9.39. The summed E-state index contributed by atoms with van der Waals surface area (Å²) in [4.78, 5) is 2.49. The molecule has 0 aromatic carbocycles. The number of aliphatic hydroxyl groups is 1. The molecule has 0 spiro atoms. The molecule has 1 aliphatic carbocycles. The van der Waals surface area contributed by atoms with E-state index in [0.29, 0.717) is 12.6 Å². The van der Waals surface area contributed by atoms with Crippen LogP contribution in [-0.4, -0.2) is 49.0 Å². The Kier molecular flexibility index (Phi) is 8.05. The molecule has 2 aliphatic rings. The lowest BCUT2D eigenvalue weighted by atomic mass is 10.0. The van der Waals surface area contributed by atoms with E-state index in [1.807, 2.05) is 0 Å². The van der Waals surface area contributed by atoms with Gasteiger partial charge in [-0.05, 0) is 69.9 Å². The molecule has 3 heteroatoms. The molecule has 1 aliphatic heterocycles. The molecule has 3 unspecified atom stereocenters. The summed E-state index contributed by atoms with van der Waals surface area (Å²) in [5.41, 5.74) is 0. The van der Waals surface area contributed by atoms with E-state index >= 15 is 0 Å². The van der Waals surface area contributed by atoms with E-state index in [1.165, 1.54) is 64.3 Å². The number of likely N-dealkylation sites (tertiary alicyclic amines) is 1. The third kappa shape index (κ3) is 6.25. The minimum absolute atomic E-state index is 0.336. The fourth-order valence-electron chi connectivity index (χ4n) is 3.98. The van der Waals surface area contributed by atoms with Crippen molar-refractivity contribution in [2.45, 2.75) is 70.8 Å². The molecular weight excluding hydrogens is 262 g/mol. The Balaban J connectivity index is 1.43. The van der Waals surface area contributed by atoms with Crippen LogP contribution in [0.2, 0.25) is 0 Å². The van der Waals surface area contributed by atoms with Gasteiger partial charge in [0, 0.05) is 19.3 Å². The minimum Gasteiger partial charge on any atom is -0.395 e. The van der Waals surface area contributed by atoms with Crippen LogP contribution in [0.5, 0.6) is 0 Å². The topological polar surface area (TPSA) is 32.7 Å². The van der Waals surface area contributed by atoms with Gasteiger partial charge in [0.2, 0.25) is 0 Å². The van der Waals surface area contributed by atoms with Crippen molar-refractivity contribution in [3.63, 3.8) is 0 Å². The van der Waals surface area contributed by atoms with E-state index in [1.54, 1.807) is 0 Å². The molecule has 0 amide bonds. The first-order chi connectivity index (χ1) is 10.3. The summed E-state index contributed by atoms with van der Waals surface area (Å²) < 4.78 is 5.85. The summed E-state index contributed by atoms with van der Waals surface area (Å²) in [6.07, 6.45) is 11.6. The van der Waals surface area contributed by atoms with Gasteiger partial charge in [-0.15, -0.1) is 0 Å². The predicted octanol–water partition coefficient (Wildman–Crippen LogP) is 3.46. The number of piperidine rings is 1. The minimum atomic E-state index is 0.336. The largest absolute Gasteiger partial charge is 0.395 e. The molecule has 1 saturated carbocycles. The van der Waals surface area contributed by atoms with E-state index in [-0.39, 0.29) is 0 Å². The SMILES string of the molecule is CC1CCC(COCCCCCN2CCCCC2CO)C1. The zero-order valence-corrected chi connectivity index (χ0v) is 13.9. The summed E-state index contributed by atoms with van der Waals surface area (Å²) in [5, 5.41) is 9.39. The van der Waals surface area contributed by atoms with Crippen molar-refractivity contribution in [2.24, 2.45) is 11.8 Å². The van der Waals surface area contributed by atoms with Crippen LogP contribution in [0.1, 0.15) is 64.7 Å². The molecular formula is C18H35NO2. The van der Waals surface area contributed by atoms with Crippen molar-refractivity contribution in [3.05, 3.63) is 0 Å². The Morgan fingerprint density at radius 1 is 1.10 bits per heavy atom. The van der Waals surface area contributed by atoms with Gasteiger partial charge in [0.1, 0.15) is 0 Å². The van der Waals surface area contributed by atoms with Crippen LogP contribution < -0.4 is 0 Å². The highest BCUT2D eigenvalue weighted by Gasteiger charge is 2.21. The average Bonchev–Trinajstić information content (AvgIpc) is 2.92. The Bertz CT molecular complexity index is 272. The Labute approximate surface area is 131 Å². The highest BCUT2D eigenvalue weighted by molar-refractivity contribution is 4.76. The van der Waals surface area contributed by atoms with E-state index in [2.05, 4.69) is 11.8 Å². The van der Waals surface area contributed by atoms with Gasteiger partial charge in [-0.3, -0.25) is 4.90 Å². The van der Waals surface area contributed by atoms with E-state index in [4.69, 9.17) is 4.74 Å². The summed E-state index contributed by atoms with van der Waals surface area (Å²) in [5.74, 6) is 1.75. The lowest BCUT2D eigenvalue weighted by Gasteiger charge is -2.34. The van der Waals surface area contributed by atoms with Crippen molar-refractivity contribution in [2.75, 3.05) is 32.9 Å². The molecule has 0 aromatic rings. The Morgan fingerprint density at radius 3 is 2.76 bits per heavy atom. The van der Waals surface area contributed by atoms with Gasteiger partial charge in [0.05, 0.1) is 6.61 Å². The second-order valence-corrected chi connectivity index (χ2v) is 7.29. The molecule has 0 bridgehead atoms. The van der Waals surface area contributed by atoms with Gasteiger partial charge in [-0.2, -0.15) is 0 Å². The van der Waals surface area contributed by atoms with Crippen molar-refractivity contribution < 1.29 is 9.84 Å². The molecule has 3 atom stereocenters. The van der Waals surface area contributed by atoms with Gasteiger partial charge in [0.25, 0.3) is 0 Å². The fourth-order valence-corrected chi connectivity index (χ4v) is 3.98. The number of unbranched alkanes of at least 4 members (excludes halogenated alkanes) is 2. The van der Waals surface area contributed by atoms with Crippen molar-refractivity contribution in [1.82, 2.24) is 4.90 Å². The smallest absolute Gasteiger partial charge is 0.0586 e. The van der Waals surface area contributed by atoms with Gasteiger partial charge < -0.3 is 9.84 Å². The Morgan fingerprint density at radius 2 is 2.00 bits per heavy atom. The Hall–Kier alpha value is -0.120. The number of hydrogen-bond donors (Lipinski definition) is 1. The zero-order chi connectivity index (χ0) is 14.9. The molecule has 2 fully saturated rings. The standard InChI is InChI=1S/C18H35NO2/c1-16-8-9-17(13-16)15-21-12-6-2-4-10-19-11-5-3-7-18(19)14-20/h16-18,20H,2-15H2,1H3. The number of nitrogens with zero attached hydrogens (tertiary/aromatic N) is 1. The van der Waals surface area contributed by atoms with Gasteiger partial charge in [-0.25, -0.2) is 0 Å². The van der Waals surface area contributed by atoms with Crippen LogP contribution in [0.3, 0.4) is 0 Å². The van der Waals surface area contributed by atoms with Crippen molar-refractivity contribution >= 4 is 0 Å². The second kappa shape index (κ2) is 9.81. The van der Waals surface area contributed by atoms with Crippen molar-refractivity contribution in [1.29, 1.82) is 0 Å². The maximum absolute atomic E-state index is 9.39. The van der Waals surface area contributed by atoms with Crippen molar-refractivity contribution in [3.8, 4) is 0 Å². The number of ether oxygens (including phenoxy) is 1. The van der Waals surface area contributed by atoms with Crippen LogP contribution in [-0.2, 0) is 4.74 Å². The normalized spacial score (nSPS) is 30.9. The number of rotatable bonds is 9. The van der Waals surface area contributed by atoms with Gasteiger partial charge >= 0.3 is 0 Å². The molecule has 124 valence electrons. The average molecular weight is 297 g/mol. The fraction of sp³-hybridized carbons (Fsp3) is 1.00. The van der Waals surface area contributed by atoms with Gasteiger partial charge in [0.15, 0.2) is 0 Å². The molecule has 2 rings (SSSR count). The zero-order valence-electron chi connectivity index (χ0n) is 13.9. The van der Waals surface area contributed by atoms with E-state index in [0.717, 1.165) is 31.6 Å². The second-order valence-electron chi connectivity index (χ2n) is 7.29. The summed E-state index contributed by atoms with van der Waals surface area (Å²) >= 11 is 0. The lowest BCUT2D eigenvalue weighted by Crippen LogP contribution is -2.42. The predicted molar refractivity (Wildman–Crippen MR) is 87.5 cm³/mol. The molecule has 0 radical (unpaired) electrons. The molecule has 1 heterocycles. The summed E-state index contributed by atoms with van der Waals surface area (Å²) in [6, 6.07) is 0.430. The third-order valence-corrected chi connectivity index (χ3v) is 5.35. The number of hydrogen-bond acceptors (Lipinski definition) is 3. The van der Waals surface area contributed by atoms with E-state index in [9.17, 15) is 5.11 Å². The monoisotopic (exact) mass is 297 g/mol. The van der Waals surface area contributed by atoms with Gasteiger partial charge in [-0.1, -0.05) is 19.8 Å². The maximum Gasteiger partial charge on any atom is 0.0586 e. The number of aliphatic hydroxyl groups excluding tert-OH is 1.